The molecular formula is C12H16N2O4S. The number of carboxylic acids is 1. The quantitative estimate of drug-likeness (QED) is 0.658. The Kier molecular flexibility index (Phi) is 4.31. The fourth-order valence-corrected chi connectivity index (χ4v) is 2.51. The highest BCUT2D eigenvalue weighted by Crippen LogP contribution is 2.21. The summed E-state index contributed by atoms with van der Waals surface area (Å²) in [4.78, 5) is 11.1. The normalized spacial score (nSPS) is 11.8. The Hall–Kier alpha value is -1.89. The van der Waals surface area contributed by atoms with Crippen molar-refractivity contribution in [2.24, 2.45) is 5.10 Å². The van der Waals surface area contributed by atoms with Crippen molar-refractivity contribution in [3.05, 3.63) is 28.8 Å². The number of benzene rings is 1. The number of carboxylic acid groups (broad SMARTS) is 1. The second-order valence-electron chi connectivity index (χ2n) is 4.32. The second-order valence-corrected chi connectivity index (χ2v) is 6.30. The fourth-order valence-electron chi connectivity index (χ4n) is 1.59. The van der Waals surface area contributed by atoms with Crippen LogP contribution in [0.5, 0.6) is 0 Å². The Morgan fingerprint density at radius 3 is 2.37 bits per heavy atom. The van der Waals surface area contributed by atoms with E-state index in [2.05, 4.69) is 5.10 Å². The van der Waals surface area contributed by atoms with Crippen LogP contribution in [0.15, 0.2) is 22.1 Å². The van der Waals surface area contributed by atoms with Crippen LogP contribution in [0, 0.1) is 6.92 Å². The molecule has 0 amide bonds. The zero-order chi connectivity index (χ0) is 14.8. The molecule has 7 heteroatoms. The Balaban J connectivity index is 3.60. The van der Waals surface area contributed by atoms with Crippen molar-refractivity contribution >= 4 is 22.0 Å². The van der Waals surface area contributed by atoms with Crippen LogP contribution in [-0.4, -0.2) is 51.1 Å². The third-order valence-corrected chi connectivity index (χ3v) is 3.68. The van der Waals surface area contributed by atoms with Crippen molar-refractivity contribution in [1.29, 1.82) is 0 Å². The molecule has 0 aromatic heterocycles. The molecule has 1 rings (SSSR count). The topological polar surface area (TPSA) is 87.0 Å². The molecule has 0 saturated carbocycles. The summed E-state index contributed by atoms with van der Waals surface area (Å²) in [5.41, 5.74) is 0.740. The van der Waals surface area contributed by atoms with Gasteiger partial charge >= 0.3 is 5.97 Å². The molecule has 19 heavy (non-hydrogen) atoms. The number of carbonyl (C=O) groups is 1. The molecule has 1 N–H and O–H groups in total. The van der Waals surface area contributed by atoms with Crippen molar-refractivity contribution in [2.75, 3.05) is 20.4 Å². The standard InChI is InChI=1S/C12H16N2O4S/c1-8-9(12(15)16)5-6-11(19(4,17)18)10(8)7-13-14(2)3/h5-7H,1-4H3,(H,15,16)/b13-7+. The van der Waals surface area contributed by atoms with Crippen molar-refractivity contribution in [1.82, 2.24) is 5.01 Å². The Morgan fingerprint density at radius 2 is 1.95 bits per heavy atom. The molecular weight excluding hydrogens is 268 g/mol. The van der Waals surface area contributed by atoms with E-state index < -0.39 is 15.8 Å². The van der Waals surface area contributed by atoms with Gasteiger partial charge in [-0.2, -0.15) is 5.10 Å². The van der Waals surface area contributed by atoms with Gasteiger partial charge in [-0.15, -0.1) is 0 Å². The molecule has 0 aliphatic carbocycles. The molecule has 0 atom stereocenters. The minimum absolute atomic E-state index is 0.0626. The Morgan fingerprint density at radius 1 is 1.37 bits per heavy atom. The maximum atomic E-state index is 11.7. The molecule has 0 bridgehead atoms. The highest BCUT2D eigenvalue weighted by molar-refractivity contribution is 7.90. The number of nitrogens with zero attached hydrogens (tertiary/aromatic N) is 2. The van der Waals surface area contributed by atoms with Crippen LogP contribution in [0.25, 0.3) is 0 Å². The van der Waals surface area contributed by atoms with E-state index in [0.29, 0.717) is 11.1 Å². The maximum Gasteiger partial charge on any atom is 0.335 e. The molecule has 0 heterocycles. The van der Waals surface area contributed by atoms with Gasteiger partial charge in [0.15, 0.2) is 9.84 Å². The number of aromatic carboxylic acids is 1. The van der Waals surface area contributed by atoms with Crippen LogP contribution in [0.1, 0.15) is 21.5 Å². The maximum absolute atomic E-state index is 11.7. The zero-order valence-corrected chi connectivity index (χ0v) is 12.0. The first-order valence-electron chi connectivity index (χ1n) is 5.43. The van der Waals surface area contributed by atoms with E-state index in [0.717, 1.165) is 6.26 Å². The molecule has 1 aromatic rings. The van der Waals surface area contributed by atoms with Crippen molar-refractivity contribution < 1.29 is 18.3 Å². The molecule has 6 nitrogen and oxygen atoms in total. The van der Waals surface area contributed by atoms with Gasteiger partial charge in [0.25, 0.3) is 0 Å². The lowest BCUT2D eigenvalue weighted by molar-refractivity contribution is 0.0696. The van der Waals surface area contributed by atoms with Crippen LogP contribution in [0.2, 0.25) is 0 Å². The summed E-state index contributed by atoms with van der Waals surface area (Å²) in [5.74, 6) is -1.10. The predicted octanol–water partition coefficient (Wildman–Crippen LogP) is 0.992. The third kappa shape index (κ3) is 3.54. The summed E-state index contributed by atoms with van der Waals surface area (Å²) < 4.78 is 23.4. The zero-order valence-electron chi connectivity index (χ0n) is 11.2. The number of hydrogen-bond donors (Lipinski definition) is 1. The van der Waals surface area contributed by atoms with Crippen LogP contribution in [0.3, 0.4) is 0 Å². The molecule has 0 saturated heterocycles. The molecule has 0 aliphatic heterocycles. The monoisotopic (exact) mass is 284 g/mol. The van der Waals surface area contributed by atoms with Gasteiger partial charge in [0.05, 0.1) is 16.7 Å². The van der Waals surface area contributed by atoms with E-state index in [9.17, 15) is 13.2 Å². The number of hydrazone groups is 1. The van der Waals surface area contributed by atoms with Crippen LogP contribution in [0.4, 0.5) is 0 Å². The van der Waals surface area contributed by atoms with Crippen molar-refractivity contribution in [3.8, 4) is 0 Å². The summed E-state index contributed by atoms with van der Waals surface area (Å²) in [7, 11) is -0.0740. The number of sulfone groups is 1. The summed E-state index contributed by atoms with van der Waals surface area (Å²) >= 11 is 0. The number of rotatable bonds is 4. The largest absolute Gasteiger partial charge is 0.478 e. The lowest BCUT2D eigenvalue weighted by atomic mass is 10.0. The van der Waals surface area contributed by atoms with Crippen LogP contribution in [-0.2, 0) is 9.84 Å². The third-order valence-electron chi connectivity index (χ3n) is 2.52. The van der Waals surface area contributed by atoms with Crippen molar-refractivity contribution in [3.63, 3.8) is 0 Å². The predicted molar refractivity (Wildman–Crippen MR) is 72.5 cm³/mol. The minimum atomic E-state index is -3.45. The SMILES string of the molecule is Cc1c(C(=O)O)ccc(S(C)(=O)=O)c1/C=N/N(C)C. The molecule has 0 spiro atoms. The van der Waals surface area contributed by atoms with E-state index in [1.54, 1.807) is 21.0 Å². The van der Waals surface area contributed by atoms with E-state index >= 15 is 0 Å². The smallest absolute Gasteiger partial charge is 0.335 e. The highest BCUT2D eigenvalue weighted by Gasteiger charge is 2.18. The van der Waals surface area contributed by atoms with Crippen LogP contribution >= 0.6 is 0 Å². The first-order valence-corrected chi connectivity index (χ1v) is 7.32. The summed E-state index contributed by atoms with van der Waals surface area (Å²) in [5, 5.41) is 14.5. The molecule has 0 fully saturated rings. The average Bonchev–Trinajstić information content (AvgIpc) is 2.24. The molecule has 0 aliphatic rings. The summed E-state index contributed by atoms with van der Waals surface area (Å²) in [6.45, 7) is 1.56. The fraction of sp³-hybridized carbons (Fsp3) is 0.333. The average molecular weight is 284 g/mol. The molecule has 104 valence electrons. The molecule has 0 radical (unpaired) electrons. The first kappa shape index (κ1) is 15.2. The van der Waals surface area contributed by atoms with E-state index in [1.807, 2.05) is 0 Å². The Bertz CT molecular complexity index is 633. The van der Waals surface area contributed by atoms with Gasteiger partial charge in [-0.1, -0.05) is 0 Å². The highest BCUT2D eigenvalue weighted by atomic mass is 32.2. The van der Waals surface area contributed by atoms with E-state index in [4.69, 9.17) is 5.11 Å². The van der Waals surface area contributed by atoms with Gasteiger partial charge in [-0.3, -0.25) is 0 Å². The summed E-state index contributed by atoms with van der Waals surface area (Å²) in [6.07, 6.45) is 2.44. The van der Waals surface area contributed by atoms with Crippen LogP contribution < -0.4 is 0 Å². The van der Waals surface area contributed by atoms with Gasteiger partial charge in [-0.05, 0) is 24.6 Å². The van der Waals surface area contributed by atoms with Gasteiger partial charge < -0.3 is 10.1 Å². The van der Waals surface area contributed by atoms with Gasteiger partial charge in [0.2, 0.25) is 0 Å². The minimum Gasteiger partial charge on any atom is -0.478 e. The van der Waals surface area contributed by atoms with E-state index in [-0.39, 0.29) is 10.5 Å². The van der Waals surface area contributed by atoms with Gasteiger partial charge in [-0.25, -0.2) is 13.2 Å². The number of hydrogen-bond acceptors (Lipinski definition) is 5. The van der Waals surface area contributed by atoms with Gasteiger partial charge in [0.1, 0.15) is 0 Å². The lowest BCUT2D eigenvalue weighted by Gasteiger charge is -2.11. The molecule has 1 aromatic carbocycles. The molecule has 0 unspecified atom stereocenters. The summed E-state index contributed by atoms with van der Waals surface area (Å²) in [6, 6.07) is 2.59. The van der Waals surface area contributed by atoms with Crippen molar-refractivity contribution in [2.45, 2.75) is 11.8 Å². The van der Waals surface area contributed by atoms with Gasteiger partial charge in [0, 0.05) is 25.9 Å². The Labute approximate surface area is 112 Å². The van der Waals surface area contributed by atoms with E-state index in [1.165, 1.54) is 23.4 Å². The lowest BCUT2D eigenvalue weighted by Crippen LogP contribution is -2.10. The second kappa shape index (κ2) is 5.40. The first-order chi connectivity index (χ1) is 8.64.